The quantitative estimate of drug-likeness (QED) is 0.606. The highest BCUT2D eigenvalue weighted by Crippen LogP contribution is 2.35. The predicted molar refractivity (Wildman–Crippen MR) is 107 cm³/mol. The topological polar surface area (TPSA) is 47.0 Å². The van der Waals surface area contributed by atoms with Gasteiger partial charge in [0, 0.05) is 22.9 Å². The molecule has 25 heavy (non-hydrogen) atoms. The van der Waals surface area contributed by atoms with E-state index in [9.17, 15) is 0 Å². The maximum atomic E-state index is 6.39. The van der Waals surface area contributed by atoms with Gasteiger partial charge in [0.1, 0.15) is 17.0 Å². The Morgan fingerprint density at radius 3 is 2.60 bits per heavy atom. The molecule has 132 valence electrons. The Balaban J connectivity index is 2.12. The van der Waals surface area contributed by atoms with Crippen LogP contribution in [0.15, 0.2) is 29.6 Å². The Kier molecular flexibility index (Phi) is 4.89. The molecule has 0 aliphatic carbocycles. The van der Waals surface area contributed by atoms with Crippen molar-refractivity contribution >= 4 is 39.0 Å². The van der Waals surface area contributed by atoms with Gasteiger partial charge in [-0.05, 0) is 46.8 Å². The van der Waals surface area contributed by atoms with E-state index in [2.05, 4.69) is 24.1 Å². The number of hydrogen-bond acceptors (Lipinski definition) is 5. The number of aromatic nitrogens is 2. The number of nitrogens with zero attached hydrogens (tertiary/aromatic N) is 2. The second-order valence-corrected chi connectivity index (χ2v) is 8.46. The summed E-state index contributed by atoms with van der Waals surface area (Å²) in [5.74, 6) is 0.765. The van der Waals surface area contributed by atoms with E-state index in [-0.39, 0.29) is 5.60 Å². The van der Waals surface area contributed by atoms with E-state index in [0.29, 0.717) is 11.1 Å². The van der Waals surface area contributed by atoms with Crippen molar-refractivity contribution in [1.82, 2.24) is 9.97 Å². The maximum absolute atomic E-state index is 6.39. The Morgan fingerprint density at radius 1 is 1.16 bits per heavy atom. The Hall–Kier alpha value is -1.85. The van der Waals surface area contributed by atoms with Crippen LogP contribution in [0.1, 0.15) is 34.6 Å². The van der Waals surface area contributed by atoms with Gasteiger partial charge in [-0.1, -0.05) is 17.7 Å². The van der Waals surface area contributed by atoms with Crippen molar-refractivity contribution in [2.45, 2.75) is 46.3 Å². The molecule has 3 rings (SSSR count). The van der Waals surface area contributed by atoms with E-state index in [4.69, 9.17) is 21.3 Å². The zero-order chi connectivity index (χ0) is 18.2. The van der Waals surface area contributed by atoms with E-state index >= 15 is 0 Å². The van der Waals surface area contributed by atoms with Gasteiger partial charge in [-0.15, -0.1) is 11.3 Å². The summed E-state index contributed by atoms with van der Waals surface area (Å²) >= 11 is 7.95. The number of rotatable bonds is 4. The maximum Gasteiger partial charge on any atom is 0.183 e. The molecule has 0 radical (unpaired) electrons. The first kappa shape index (κ1) is 18.0. The lowest BCUT2D eigenvalue weighted by molar-refractivity contribution is 0.133. The molecule has 1 N–H and O–H groups in total. The van der Waals surface area contributed by atoms with E-state index in [1.54, 1.807) is 11.3 Å². The fourth-order valence-corrected chi connectivity index (χ4v) is 3.50. The van der Waals surface area contributed by atoms with Crippen LogP contribution in [0.25, 0.3) is 22.3 Å². The molecule has 0 amide bonds. The summed E-state index contributed by atoms with van der Waals surface area (Å²) in [5, 5.41) is 7.70. The molecular weight excluding hydrogens is 354 g/mol. The van der Waals surface area contributed by atoms with Crippen LogP contribution >= 0.6 is 22.9 Å². The van der Waals surface area contributed by atoms with Gasteiger partial charge in [0.25, 0.3) is 0 Å². The number of pyridine rings is 1. The van der Waals surface area contributed by atoms with Crippen LogP contribution < -0.4 is 10.1 Å². The number of halogens is 1. The third-order valence-corrected chi connectivity index (χ3v) is 4.43. The number of hydrogen-bond donors (Lipinski definition) is 1. The van der Waals surface area contributed by atoms with Crippen LogP contribution in [0.2, 0.25) is 5.02 Å². The number of anilines is 1. The van der Waals surface area contributed by atoms with E-state index in [0.717, 1.165) is 33.2 Å². The van der Waals surface area contributed by atoms with Crippen molar-refractivity contribution in [3.63, 3.8) is 0 Å². The highest BCUT2D eigenvalue weighted by atomic mass is 35.5. The second kappa shape index (κ2) is 6.81. The van der Waals surface area contributed by atoms with Crippen molar-refractivity contribution in [1.29, 1.82) is 0 Å². The largest absolute Gasteiger partial charge is 0.487 e. The van der Waals surface area contributed by atoms with Crippen LogP contribution in [0.5, 0.6) is 5.75 Å². The van der Waals surface area contributed by atoms with Crippen LogP contribution in [0, 0.1) is 0 Å². The van der Waals surface area contributed by atoms with Gasteiger partial charge in [0.05, 0.1) is 16.2 Å². The molecule has 0 aliphatic rings. The third-order valence-electron chi connectivity index (χ3n) is 3.35. The summed E-state index contributed by atoms with van der Waals surface area (Å²) in [6, 6.07) is 8.01. The third kappa shape index (κ3) is 4.22. The highest BCUT2D eigenvalue weighted by Gasteiger charge is 2.18. The smallest absolute Gasteiger partial charge is 0.183 e. The SMILES string of the molecule is CC(C)Nc1nc(-c2cc(OC(C)(C)C)c3cccc(Cl)c3n2)cs1. The summed E-state index contributed by atoms with van der Waals surface area (Å²) in [5.41, 5.74) is 1.98. The fourth-order valence-electron chi connectivity index (χ4n) is 2.43. The fraction of sp³-hybridized carbons (Fsp3) is 0.368. The number of para-hydroxylation sites is 1. The monoisotopic (exact) mass is 375 g/mol. The van der Waals surface area contributed by atoms with Gasteiger partial charge in [-0.2, -0.15) is 0 Å². The molecule has 4 nitrogen and oxygen atoms in total. The average molecular weight is 376 g/mol. The molecule has 0 unspecified atom stereocenters. The Bertz CT molecular complexity index is 899. The van der Waals surface area contributed by atoms with Crippen molar-refractivity contribution in [2.24, 2.45) is 0 Å². The molecule has 0 bridgehead atoms. The van der Waals surface area contributed by atoms with Gasteiger partial charge in [0.15, 0.2) is 5.13 Å². The van der Waals surface area contributed by atoms with Crippen LogP contribution in [0.4, 0.5) is 5.13 Å². The number of fused-ring (bicyclic) bond motifs is 1. The van der Waals surface area contributed by atoms with E-state index in [1.165, 1.54) is 0 Å². The van der Waals surface area contributed by atoms with E-state index < -0.39 is 0 Å². The summed E-state index contributed by atoms with van der Waals surface area (Å²) < 4.78 is 6.16. The molecule has 2 aromatic heterocycles. The first-order chi connectivity index (χ1) is 11.7. The minimum absolute atomic E-state index is 0.319. The van der Waals surface area contributed by atoms with Crippen LogP contribution in [0.3, 0.4) is 0 Å². The van der Waals surface area contributed by atoms with Crippen molar-refractivity contribution in [3.05, 3.63) is 34.7 Å². The zero-order valence-electron chi connectivity index (χ0n) is 15.1. The number of ether oxygens (including phenoxy) is 1. The van der Waals surface area contributed by atoms with Gasteiger partial charge in [0.2, 0.25) is 0 Å². The lowest BCUT2D eigenvalue weighted by atomic mass is 10.1. The molecule has 6 heteroatoms. The first-order valence-corrected chi connectivity index (χ1v) is 9.49. The molecule has 0 aliphatic heterocycles. The molecule has 2 heterocycles. The van der Waals surface area contributed by atoms with E-state index in [1.807, 2.05) is 50.4 Å². The number of benzene rings is 1. The Morgan fingerprint density at radius 2 is 1.92 bits per heavy atom. The van der Waals surface area contributed by atoms with Crippen molar-refractivity contribution in [2.75, 3.05) is 5.32 Å². The average Bonchev–Trinajstić information content (AvgIpc) is 2.94. The lowest BCUT2D eigenvalue weighted by Crippen LogP contribution is -2.23. The van der Waals surface area contributed by atoms with Crippen LogP contribution in [-0.4, -0.2) is 21.6 Å². The number of thiazole rings is 1. The minimum Gasteiger partial charge on any atom is -0.487 e. The summed E-state index contributed by atoms with van der Waals surface area (Å²) in [6.07, 6.45) is 0. The molecule has 0 saturated heterocycles. The lowest BCUT2D eigenvalue weighted by Gasteiger charge is -2.23. The zero-order valence-corrected chi connectivity index (χ0v) is 16.6. The molecule has 1 aromatic carbocycles. The molecule has 0 spiro atoms. The molecule has 0 fully saturated rings. The van der Waals surface area contributed by atoms with Crippen LogP contribution in [-0.2, 0) is 0 Å². The van der Waals surface area contributed by atoms with Gasteiger partial charge < -0.3 is 10.1 Å². The second-order valence-electron chi connectivity index (χ2n) is 7.19. The first-order valence-electron chi connectivity index (χ1n) is 8.23. The molecule has 0 saturated carbocycles. The molecular formula is C19H22ClN3OS. The normalized spacial score (nSPS) is 12.0. The predicted octanol–water partition coefficient (Wildman–Crippen LogP) is 6.01. The van der Waals surface area contributed by atoms with Gasteiger partial charge in [-0.3, -0.25) is 0 Å². The van der Waals surface area contributed by atoms with Crippen molar-refractivity contribution in [3.8, 4) is 17.1 Å². The summed E-state index contributed by atoms with van der Waals surface area (Å²) in [7, 11) is 0. The Labute approximate surface area is 157 Å². The van der Waals surface area contributed by atoms with Crippen molar-refractivity contribution < 1.29 is 4.74 Å². The number of nitrogens with one attached hydrogen (secondary N) is 1. The van der Waals surface area contributed by atoms with Gasteiger partial charge >= 0.3 is 0 Å². The minimum atomic E-state index is -0.319. The standard InChI is InChI=1S/C19H22ClN3OS/c1-11(2)21-18-23-15(10-25-18)14-9-16(24-19(3,4)5)12-7-6-8-13(20)17(12)22-14/h6-11H,1-5H3,(H,21,23). The van der Waals surface area contributed by atoms with Gasteiger partial charge in [-0.25, -0.2) is 9.97 Å². The molecule has 3 aromatic rings. The highest BCUT2D eigenvalue weighted by molar-refractivity contribution is 7.14. The summed E-state index contributed by atoms with van der Waals surface area (Å²) in [6.45, 7) is 10.2. The molecule has 0 atom stereocenters. The summed E-state index contributed by atoms with van der Waals surface area (Å²) in [4.78, 5) is 9.37.